The summed E-state index contributed by atoms with van der Waals surface area (Å²) in [5.41, 5.74) is 0. The second-order valence-corrected chi connectivity index (χ2v) is 3.92. The van der Waals surface area contributed by atoms with E-state index in [0.29, 0.717) is 6.42 Å². The minimum Gasteiger partial charge on any atom is -0.396 e. The van der Waals surface area contributed by atoms with Crippen molar-refractivity contribution in [2.24, 2.45) is 5.92 Å². The lowest BCUT2D eigenvalue weighted by molar-refractivity contribution is -0.0470. The van der Waals surface area contributed by atoms with Crippen LogP contribution in [-0.2, 0) is 0 Å². The summed E-state index contributed by atoms with van der Waals surface area (Å²) in [4.78, 5) is 0. The maximum atomic E-state index is 12.9. The van der Waals surface area contributed by atoms with Gasteiger partial charge < -0.3 is 5.11 Å². The highest BCUT2D eigenvalue weighted by Gasteiger charge is 2.41. The largest absolute Gasteiger partial charge is 0.396 e. The SMILES string of the molecule is OCCC1CCSCC1(F)F. The van der Waals surface area contributed by atoms with Gasteiger partial charge in [0.25, 0.3) is 5.92 Å². The summed E-state index contributed by atoms with van der Waals surface area (Å²) in [5.74, 6) is -2.41. The van der Waals surface area contributed by atoms with Gasteiger partial charge in [-0.15, -0.1) is 0 Å². The molecule has 1 atom stereocenters. The Morgan fingerprint density at radius 1 is 1.55 bits per heavy atom. The third-order valence-electron chi connectivity index (χ3n) is 1.98. The van der Waals surface area contributed by atoms with E-state index < -0.39 is 11.8 Å². The van der Waals surface area contributed by atoms with Crippen LogP contribution in [0.15, 0.2) is 0 Å². The van der Waals surface area contributed by atoms with E-state index in [2.05, 4.69) is 0 Å². The predicted octanol–water partition coefficient (Wildman–Crippen LogP) is 1.76. The first-order valence-electron chi connectivity index (χ1n) is 3.73. The molecule has 11 heavy (non-hydrogen) atoms. The van der Waals surface area contributed by atoms with Crippen LogP contribution in [-0.4, -0.2) is 29.1 Å². The van der Waals surface area contributed by atoms with E-state index in [1.807, 2.05) is 0 Å². The van der Waals surface area contributed by atoms with E-state index in [9.17, 15) is 8.78 Å². The van der Waals surface area contributed by atoms with Crippen molar-refractivity contribution in [3.8, 4) is 0 Å². The van der Waals surface area contributed by atoms with Crippen LogP contribution >= 0.6 is 11.8 Å². The molecule has 0 aromatic heterocycles. The zero-order valence-electron chi connectivity index (χ0n) is 6.22. The Hall–Kier alpha value is 0.170. The maximum absolute atomic E-state index is 12.9. The molecule has 1 saturated heterocycles. The Morgan fingerprint density at radius 2 is 2.27 bits per heavy atom. The number of aliphatic hydroxyl groups is 1. The molecule has 1 unspecified atom stereocenters. The van der Waals surface area contributed by atoms with Gasteiger partial charge in [0.05, 0.1) is 5.75 Å². The molecule has 0 aromatic rings. The number of hydrogen-bond donors (Lipinski definition) is 1. The molecule has 66 valence electrons. The van der Waals surface area contributed by atoms with E-state index in [1.54, 1.807) is 0 Å². The molecule has 0 spiro atoms. The van der Waals surface area contributed by atoms with Gasteiger partial charge in [-0.2, -0.15) is 11.8 Å². The fourth-order valence-electron chi connectivity index (χ4n) is 1.27. The van der Waals surface area contributed by atoms with E-state index in [-0.39, 0.29) is 18.8 Å². The van der Waals surface area contributed by atoms with Gasteiger partial charge in [0.2, 0.25) is 0 Å². The lowest BCUT2D eigenvalue weighted by atomic mass is 9.96. The molecule has 4 heteroatoms. The first-order valence-corrected chi connectivity index (χ1v) is 4.88. The Morgan fingerprint density at radius 3 is 2.82 bits per heavy atom. The van der Waals surface area contributed by atoms with Crippen LogP contribution < -0.4 is 0 Å². The van der Waals surface area contributed by atoms with Gasteiger partial charge in [-0.3, -0.25) is 0 Å². The number of halogens is 2. The van der Waals surface area contributed by atoms with Gasteiger partial charge in [0.15, 0.2) is 0 Å². The fourth-order valence-corrected chi connectivity index (χ4v) is 2.38. The quantitative estimate of drug-likeness (QED) is 0.702. The first-order chi connectivity index (χ1) is 5.17. The van der Waals surface area contributed by atoms with Crippen LogP contribution in [0.3, 0.4) is 0 Å². The molecule has 0 bridgehead atoms. The normalized spacial score (nSPS) is 30.3. The fraction of sp³-hybridized carbons (Fsp3) is 1.00. The van der Waals surface area contributed by atoms with Crippen LogP contribution in [0, 0.1) is 5.92 Å². The zero-order valence-corrected chi connectivity index (χ0v) is 7.04. The summed E-state index contributed by atoms with van der Waals surface area (Å²) >= 11 is 1.30. The molecule has 0 radical (unpaired) electrons. The highest BCUT2D eigenvalue weighted by Crippen LogP contribution is 2.38. The van der Waals surface area contributed by atoms with Crippen molar-refractivity contribution < 1.29 is 13.9 Å². The number of hydrogen-bond acceptors (Lipinski definition) is 2. The van der Waals surface area contributed by atoms with Gasteiger partial charge in [0, 0.05) is 12.5 Å². The van der Waals surface area contributed by atoms with Crippen LogP contribution in [0.25, 0.3) is 0 Å². The predicted molar refractivity (Wildman–Crippen MR) is 42.1 cm³/mol. The van der Waals surface area contributed by atoms with Crippen LogP contribution in [0.2, 0.25) is 0 Å². The van der Waals surface area contributed by atoms with Gasteiger partial charge in [-0.05, 0) is 18.6 Å². The molecule has 1 nitrogen and oxygen atoms in total. The van der Waals surface area contributed by atoms with Gasteiger partial charge in [-0.25, -0.2) is 8.78 Å². The second-order valence-electron chi connectivity index (χ2n) is 2.81. The van der Waals surface area contributed by atoms with Crippen molar-refractivity contribution in [1.82, 2.24) is 0 Å². The lowest BCUT2D eigenvalue weighted by Crippen LogP contribution is -2.35. The average molecular weight is 182 g/mol. The number of rotatable bonds is 2. The zero-order chi connectivity index (χ0) is 8.32. The molecule has 0 aromatic carbocycles. The molecule has 1 fully saturated rings. The average Bonchev–Trinajstić information content (AvgIpc) is 1.94. The van der Waals surface area contributed by atoms with Gasteiger partial charge in [0.1, 0.15) is 0 Å². The van der Waals surface area contributed by atoms with E-state index >= 15 is 0 Å². The van der Waals surface area contributed by atoms with Crippen molar-refractivity contribution in [3.63, 3.8) is 0 Å². The molecule has 1 rings (SSSR count). The Kier molecular flexibility index (Phi) is 3.13. The third kappa shape index (κ3) is 2.30. The number of thioether (sulfide) groups is 1. The van der Waals surface area contributed by atoms with Crippen molar-refractivity contribution in [2.45, 2.75) is 18.8 Å². The van der Waals surface area contributed by atoms with E-state index in [0.717, 1.165) is 5.75 Å². The van der Waals surface area contributed by atoms with Crippen molar-refractivity contribution in [2.75, 3.05) is 18.1 Å². The standard InChI is InChI=1S/C7H12F2OS/c8-7(9)5-11-4-2-6(7)1-3-10/h6,10H,1-5H2. The van der Waals surface area contributed by atoms with Gasteiger partial charge >= 0.3 is 0 Å². The Bertz CT molecular complexity index is 128. The highest BCUT2D eigenvalue weighted by atomic mass is 32.2. The second kappa shape index (κ2) is 3.72. The highest BCUT2D eigenvalue weighted by molar-refractivity contribution is 7.99. The van der Waals surface area contributed by atoms with Crippen LogP contribution in [0.4, 0.5) is 8.78 Å². The topological polar surface area (TPSA) is 20.2 Å². The first kappa shape index (κ1) is 9.26. The van der Waals surface area contributed by atoms with E-state index in [4.69, 9.17) is 5.11 Å². The van der Waals surface area contributed by atoms with E-state index in [1.165, 1.54) is 11.8 Å². The van der Waals surface area contributed by atoms with Crippen molar-refractivity contribution >= 4 is 11.8 Å². The summed E-state index contributed by atoms with van der Waals surface area (Å²) < 4.78 is 25.8. The molecular formula is C7H12F2OS. The van der Waals surface area contributed by atoms with Gasteiger partial charge in [-0.1, -0.05) is 0 Å². The Labute approximate surface area is 69.2 Å². The molecular weight excluding hydrogens is 170 g/mol. The summed E-state index contributed by atoms with van der Waals surface area (Å²) in [5, 5.41) is 8.51. The molecule has 1 N–H and O–H groups in total. The molecule has 0 aliphatic carbocycles. The molecule has 1 aliphatic rings. The summed E-state index contributed by atoms with van der Waals surface area (Å²) in [7, 11) is 0. The van der Waals surface area contributed by atoms with Crippen LogP contribution in [0.5, 0.6) is 0 Å². The lowest BCUT2D eigenvalue weighted by Gasteiger charge is -2.30. The summed E-state index contributed by atoms with van der Waals surface area (Å²) in [6.45, 7) is -0.120. The van der Waals surface area contributed by atoms with Crippen molar-refractivity contribution in [1.29, 1.82) is 0 Å². The molecule has 1 heterocycles. The molecule has 1 aliphatic heterocycles. The summed E-state index contributed by atoms with van der Waals surface area (Å²) in [6, 6.07) is 0. The minimum atomic E-state index is -2.55. The maximum Gasteiger partial charge on any atom is 0.259 e. The number of alkyl halides is 2. The molecule has 0 saturated carbocycles. The van der Waals surface area contributed by atoms with Crippen LogP contribution in [0.1, 0.15) is 12.8 Å². The van der Waals surface area contributed by atoms with Crippen molar-refractivity contribution in [3.05, 3.63) is 0 Å². The Balaban J connectivity index is 2.45. The third-order valence-corrected chi connectivity index (χ3v) is 3.09. The summed E-state index contributed by atoms with van der Waals surface area (Å²) in [6.07, 6.45) is 0.784. The smallest absolute Gasteiger partial charge is 0.259 e. The number of aliphatic hydroxyl groups excluding tert-OH is 1. The minimum absolute atomic E-state index is 0.0718. The monoisotopic (exact) mass is 182 g/mol. The molecule has 0 amide bonds.